The Morgan fingerprint density at radius 2 is 1.96 bits per heavy atom. The van der Waals surface area contributed by atoms with Crippen LogP contribution in [-0.2, 0) is 9.59 Å². The molecule has 8 heteroatoms. The second kappa shape index (κ2) is 8.19. The smallest absolute Gasteiger partial charge is 0.262 e. The highest BCUT2D eigenvalue weighted by molar-refractivity contribution is 5.83. The minimum Gasteiger partial charge on any atom is -0.494 e. The zero-order chi connectivity index (χ0) is 19.6. The Hall–Kier alpha value is -2.25. The average Bonchev–Trinajstić information content (AvgIpc) is 3.50. The maximum atomic E-state index is 13.9. The van der Waals surface area contributed by atoms with Crippen molar-refractivity contribution in [3.63, 3.8) is 0 Å². The summed E-state index contributed by atoms with van der Waals surface area (Å²) in [7, 11) is 1.28. The molecule has 2 fully saturated rings. The van der Waals surface area contributed by atoms with Crippen molar-refractivity contribution in [2.45, 2.75) is 38.2 Å². The summed E-state index contributed by atoms with van der Waals surface area (Å²) in [5.74, 6) is -1.79. The van der Waals surface area contributed by atoms with Gasteiger partial charge in [-0.1, -0.05) is 6.07 Å². The highest BCUT2D eigenvalue weighted by atomic mass is 19.3. The number of benzene rings is 1. The fraction of sp³-hybridized carbons (Fsp3) is 0.579. The predicted molar refractivity (Wildman–Crippen MR) is 91.9 cm³/mol. The highest BCUT2D eigenvalue weighted by Crippen LogP contribution is 2.33. The number of methoxy groups -OCH3 is 1. The van der Waals surface area contributed by atoms with E-state index in [4.69, 9.17) is 4.74 Å². The maximum Gasteiger partial charge on any atom is 0.262 e. The predicted octanol–water partition coefficient (Wildman–Crippen LogP) is 2.91. The van der Waals surface area contributed by atoms with E-state index in [1.54, 1.807) is 4.90 Å². The SMILES string of the molecule is COc1ccc([C@H](NC(=O)[C@H]2CCCN(C(=O)C3CC3)C2)C(F)F)cc1F. The van der Waals surface area contributed by atoms with Gasteiger partial charge in [0.2, 0.25) is 11.8 Å². The Bertz CT molecular complexity index is 709. The maximum absolute atomic E-state index is 13.9. The number of alkyl halides is 2. The molecule has 148 valence electrons. The van der Waals surface area contributed by atoms with E-state index in [1.165, 1.54) is 19.2 Å². The van der Waals surface area contributed by atoms with Crippen LogP contribution in [0.1, 0.15) is 37.3 Å². The van der Waals surface area contributed by atoms with E-state index < -0.39 is 30.1 Å². The molecule has 1 aromatic carbocycles. The van der Waals surface area contributed by atoms with E-state index in [9.17, 15) is 22.8 Å². The van der Waals surface area contributed by atoms with Gasteiger partial charge in [-0.25, -0.2) is 13.2 Å². The van der Waals surface area contributed by atoms with Gasteiger partial charge in [0.15, 0.2) is 11.6 Å². The van der Waals surface area contributed by atoms with Gasteiger partial charge < -0.3 is 15.0 Å². The molecule has 1 saturated heterocycles. The fourth-order valence-corrected chi connectivity index (χ4v) is 3.42. The molecule has 1 saturated carbocycles. The number of amides is 2. The molecular formula is C19H23F3N2O3. The molecule has 0 spiro atoms. The Morgan fingerprint density at radius 1 is 1.22 bits per heavy atom. The number of hydrogen-bond donors (Lipinski definition) is 1. The Morgan fingerprint density at radius 3 is 2.56 bits per heavy atom. The minimum atomic E-state index is -2.89. The Kier molecular flexibility index (Phi) is 5.92. The van der Waals surface area contributed by atoms with Gasteiger partial charge in [-0.3, -0.25) is 9.59 Å². The lowest BCUT2D eigenvalue weighted by molar-refractivity contribution is -0.137. The van der Waals surface area contributed by atoms with Crippen LogP contribution in [0.3, 0.4) is 0 Å². The summed E-state index contributed by atoms with van der Waals surface area (Å²) in [6.07, 6.45) is 0.0561. The van der Waals surface area contributed by atoms with Crippen LogP contribution in [0.5, 0.6) is 5.75 Å². The number of rotatable bonds is 6. The van der Waals surface area contributed by atoms with Crippen LogP contribution in [0.4, 0.5) is 13.2 Å². The third kappa shape index (κ3) is 4.54. The van der Waals surface area contributed by atoms with Gasteiger partial charge in [0.1, 0.15) is 6.04 Å². The van der Waals surface area contributed by atoms with E-state index in [0.29, 0.717) is 19.4 Å². The first-order valence-corrected chi connectivity index (χ1v) is 9.11. The van der Waals surface area contributed by atoms with Crippen LogP contribution in [0, 0.1) is 17.7 Å². The molecule has 1 N–H and O–H groups in total. The quantitative estimate of drug-likeness (QED) is 0.821. The Balaban J connectivity index is 1.67. The largest absolute Gasteiger partial charge is 0.494 e. The molecule has 2 atom stereocenters. The van der Waals surface area contributed by atoms with Crippen LogP contribution >= 0.6 is 0 Å². The van der Waals surface area contributed by atoms with Gasteiger partial charge in [0.05, 0.1) is 13.0 Å². The van der Waals surface area contributed by atoms with E-state index in [2.05, 4.69) is 5.32 Å². The molecule has 2 amide bonds. The molecule has 0 unspecified atom stereocenters. The first-order chi connectivity index (χ1) is 12.9. The molecule has 0 bridgehead atoms. The summed E-state index contributed by atoms with van der Waals surface area (Å²) >= 11 is 0. The van der Waals surface area contributed by atoms with Crippen LogP contribution in [0.15, 0.2) is 18.2 Å². The molecule has 2 aliphatic rings. The molecule has 27 heavy (non-hydrogen) atoms. The third-order valence-corrected chi connectivity index (χ3v) is 5.12. The van der Waals surface area contributed by atoms with Gasteiger partial charge >= 0.3 is 0 Å². The lowest BCUT2D eigenvalue weighted by Crippen LogP contribution is -2.47. The second-order valence-electron chi connectivity index (χ2n) is 7.11. The molecule has 1 aliphatic carbocycles. The summed E-state index contributed by atoms with van der Waals surface area (Å²) in [5.41, 5.74) is -0.0293. The van der Waals surface area contributed by atoms with Crippen molar-refractivity contribution < 1.29 is 27.5 Å². The van der Waals surface area contributed by atoms with E-state index in [1.807, 2.05) is 0 Å². The van der Waals surface area contributed by atoms with Crippen molar-refractivity contribution in [3.05, 3.63) is 29.6 Å². The number of carbonyl (C=O) groups is 2. The Labute approximate surface area is 155 Å². The van der Waals surface area contributed by atoms with E-state index in [0.717, 1.165) is 18.9 Å². The van der Waals surface area contributed by atoms with Crippen molar-refractivity contribution in [1.82, 2.24) is 10.2 Å². The van der Waals surface area contributed by atoms with Gasteiger partial charge in [-0.2, -0.15) is 0 Å². The summed E-state index contributed by atoms with van der Waals surface area (Å²) in [5, 5.41) is 2.34. The topological polar surface area (TPSA) is 58.6 Å². The van der Waals surface area contributed by atoms with Crippen LogP contribution < -0.4 is 10.1 Å². The van der Waals surface area contributed by atoms with Crippen molar-refractivity contribution >= 4 is 11.8 Å². The van der Waals surface area contributed by atoms with Crippen molar-refractivity contribution in [2.24, 2.45) is 11.8 Å². The number of likely N-dealkylation sites (tertiary alicyclic amines) is 1. The zero-order valence-electron chi connectivity index (χ0n) is 15.1. The number of hydrogen-bond acceptors (Lipinski definition) is 3. The average molecular weight is 384 g/mol. The number of nitrogens with zero attached hydrogens (tertiary/aromatic N) is 1. The normalized spacial score (nSPS) is 21.1. The lowest BCUT2D eigenvalue weighted by Gasteiger charge is -2.33. The molecule has 0 radical (unpaired) electrons. The lowest BCUT2D eigenvalue weighted by atomic mass is 9.95. The van der Waals surface area contributed by atoms with Crippen LogP contribution in [-0.4, -0.2) is 43.3 Å². The second-order valence-corrected chi connectivity index (χ2v) is 7.11. The van der Waals surface area contributed by atoms with E-state index >= 15 is 0 Å². The summed E-state index contributed by atoms with van der Waals surface area (Å²) in [6, 6.07) is 1.89. The van der Waals surface area contributed by atoms with Crippen molar-refractivity contribution in [3.8, 4) is 5.75 Å². The van der Waals surface area contributed by atoms with Crippen molar-refractivity contribution in [2.75, 3.05) is 20.2 Å². The first kappa shape index (κ1) is 19.5. The van der Waals surface area contributed by atoms with Crippen LogP contribution in [0.25, 0.3) is 0 Å². The molecule has 5 nitrogen and oxygen atoms in total. The number of carbonyl (C=O) groups excluding carboxylic acids is 2. The third-order valence-electron chi connectivity index (χ3n) is 5.12. The summed E-state index contributed by atoms with van der Waals surface area (Å²) in [4.78, 5) is 26.4. The molecule has 3 rings (SSSR count). The zero-order valence-corrected chi connectivity index (χ0v) is 15.1. The molecular weight excluding hydrogens is 361 g/mol. The molecule has 1 heterocycles. The van der Waals surface area contributed by atoms with E-state index in [-0.39, 0.29) is 29.7 Å². The molecule has 0 aromatic heterocycles. The monoisotopic (exact) mass is 384 g/mol. The van der Waals surface area contributed by atoms with Gasteiger partial charge in [0, 0.05) is 19.0 Å². The highest BCUT2D eigenvalue weighted by Gasteiger charge is 2.37. The summed E-state index contributed by atoms with van der Waals surface area (Å²) in [6.45, 7) is 0.842. The first-order valence-electron chi connectivity index (χ1n) is 9.11. The number of piperidine rings is 1. The molecule has 1 aromatic rings. The van der Waals surface area contributed by atoms with Gasteiger partial charge in [-0.05, 0) is 43.4 Å². The minimum absolute atomic E-state index is 0.0293. The number of nitrogens with one attached hydrogen (secondary N) is 1. The van der Waals surface area contributed by atoms with Crippen molar-refractivity contribution in [1.29, 1.82) is 0 Å². The van der Waals surface area contributed by atoms with Crippen LogP contribution in [0.2, 0.25) is 0 Å². The van der Waals surface area contributed by atoms with Gasteiger partial charge in [-0.15, -0.1) is 0 Å². The number of halogens is 3. The number of ether oxygens (including phenoxy) is 1. The van der Waals surface area contributed by atoms with Gasteiger partial charge in [0.25, 0.3) is 6.43 Å². The fourth-order valence-electron chi connectivity index (χ4n) is 3.42. The molecule has 1 aliphatic heterocycles. The summed E-state index contributed by atoms with van der Waals surface area (Å²) < 4.78 is 45.7. The standard InChI is InChI=1S/C19H23F3N2O3/c1-27-15-7-6-12(9-14(15)20)16(17(21)22)23-18(25)13-3-2-8-24(10-13)19(26)11-4-5-11/h6-7,9,11,13,16-17H,2-5,8,10H2,1H3,(H,23,25)/t13-,16-/m0/s1.